The van der Waals surface area contributed by atoms with Crippen LogP contribution in [0, 0.1) is 0 Å². The fourth-order valence-electron chi connectivity index (χ4n) is 2.46. The molecule has 21 heavy (non-hydrogen) atoms. The van der Waals surface area contributed by atoms with E-state index in [0.717, 1.165) is 36.2 Å². The van der Waals surface area contributed by atoms with Gasteiger partial charge in [-0.25, -0.2) is 9.97 Å². The fraction of sp³-hybridized carbons (Fsp3) is 0.250. The Bertz CT molecular complexity index is 754. The van der Waals surface area contributed by atoms with E-state index in [-0.39, 0.29) is 0 Å². The molecule has 0 saturated heterocycles. The van der Waals surface area contributed by atoms with Crippen LogP contribution in [0.15, 0.2) is 36.7 Å². The van der Waals surface area contributed by atoms with Crippen molar-refractivity contribution in [1.29, 1.82) is 0 Å². The first-order chi connectivity index (χ1) is 10.3. The highest BCUT2D eigenvalue weighted by Crippen LogP contribution is 2.24. The highest BCUT2D eigenvalue weighted by molar-refractivity contribution is 6.28. The normalized spacial score (nSPS) is 11.0. The van der Waals surface area contributed by atoms with Gasteiger partial charge < -0.3 is 9.72 Å². The quantitative estimate of drug-likeness (QED) is 0.729. The maximum absolute atomic E-state index is 5.79. The summed E-state index contributed by atoms with van der Waals surface area (Å²) >= 11 is 5.79. The summed E-state index contributed by atoms with van der Waals surface area (Å²) in [6, 6.07) is 7.99. The molecule has 0 aliphatic carbocycles. The van der Waals surface area contributed by atoms with E-state index in [2.05, 4.69) is 27.2 Å². The molecule has 3 rings (SSSR count). The molecule has 0 radical (unpaired) electrons. The van der Waals surface area contributed by atoms with Crippen LogP contribution < -0.4 is 4.74 Å². The Hall–Kier alpha value is -2.07. The van der Waals surface area contributed by atoms with Crippen LogP contribution in [-0.2, 0) is 12.8 Å². The molecule has 0 bridgehead atoms. The molecular weight excluding hydrogens is 286 g/mol. The zero-order valence-electron chi connectivity index (χ0n) is 11.8. The summed E-state index contributed by atoms with van der Waals surface area (Å²) in [7, 11) is 1.69. The minimum Gasteiger partial charge on any atom is -0.497 e. The van der Waals surface area contributed by atoms with Gasteiger partial charge in [0.15, 0.2) is 0 Å². The van der Waals surface area contributed by atoms with E-state index in [4.69, 9.17) is 16.3 Å². The van der Waals surface area contributed by atoms with Gasteiger partial charge in [-0.15, -0.1) is 0 Å². The Labute approximate surface area is 128 Å². The van der Waals surface area contributed by atoms with Crippen LogP contribution in [-0.4, -0.2) is 22.1 Å². The molecule has 108 valence electrons. The van der Waals surface area contributed by atoms with Gasteiger partial charge in [0.05, 0.1) is 7.11 Å². The van der Waals surface area contributed by atoms with Crippen LogP contribution in [0.5, 0.6) is 5.75 Å². The van der Waals surface area contributed by atoms with E-state index in [1.807, 2.05) is 18.2 Å². The van der Waals surface area contributed by atoms with Crippen molar-refractivity contribution in [2.75, 3.05) is 7.11 Å². The van der Waals surface area contributed by atoms with Gasteiger partial charge in [0.25, 0.3) is 0 Å². The number of aromatic nitrogens is 3. The maximum atomic E-state index is 5.79. The number of hydrogen-bond acceptors (Lipinski definition) is 3. The van der Waals surface area contributed by atoms with Crippen molar-refractivity contribution in [2.45, 2.75) is 19.3 Å². The molecule has 4 nitrogen and oxygen atoms in total. The van der Waals surface area contributed by atoms with Crippen molar-refractivity contribution >= 4 is 22.5 Å². The Morgan fingerprint density at radius 3 is 2.95 bits per heavy atom. The smallest absolute Gasteiger partial charge is 0.222 e. The lowest BCUT2D eigenvalue weighted by Crippen LogP contribution is -1.94. The molecule has 2 aromatic heterocycles. The SMILES string of the molecule is COc1ccc2[nH]cc(CCCc3ccnc(Cl)n3)c2c1. The summed E-state index contributed by atoms with van der Waals surface area (Å²) in [4.78, 5) is 11.4. The third-order valence-corrected chi connectivity index (χ3v) is 3.72. The van der Waals surface area contributed by atoms with E-state index in [1.165, 1.54) is 10.9 Å². The molecule has 0 spiro atoms. The van der Waals surface area contributed by atoms with Gasteiger partial charge in [-0.1, -0.05) is 0 Å². The number of aryl methyl sites for hydroxylation is 2. The minimum absolute atomic E-state index is 0.310. The monoisotopic (exact) mass is 301 g/mol. The van der Waals surface area contributed by atoms with Crippen molar-refractivity contribution in [3.63, 3.8) is 0 Å². The molecule has 0 aliphatic rings. The van der Waals surface area contributed by atoms with Crippen molar-refractivity contribution in [1.82, 2.24) is 15.0 Å². The van der Waals surface area contributed by atoms with Gasteiger partial charge in [-0.2, -0.15) is 0 Å². The second-order valence-corrected chi connectivity index (χ2v) is 5.23. The van der Waals surface area contributed by atoms with Crippen LogP contribution in [0.3, 0.4) is 0 Å². The van der Waals surface area contributed by atoms with Crippen molar-refractivity contribution in [3.05, 3.63) is 53.2 Å². The standard InChI is InChI=1S/C16H16ClN3O/c1-21-13-5-6-15-14(9-13)11(10-19-15)3-2-4-12-7-8-18-16(17)20-12/h5-10,19H,2-4H2,1H3. The third-order valence-electron chi connectivity index (χ3n) is 3.54. The highest BCUT2D eigenvalue weighted by atomic mass is 35.5. The zero-order valence-corrected chi connectivity index (χ0v) is 12.5. The summed E-state index contributed by atoms with van der Waals surface area (Å²) in [5.41, 5.74) is 3.41. The molecular formula is C16H16ClN3O. The molecule has 2 heterocycles. The van der Waals surface area contributed by atoms with Crippen LogP contribution in [0.4, 0.5) is 0 Å². The van der Waals surface area contributed by atoms with Gasteiger partial charge in [-0.3, -0.25) is 0 Å². The summed E-state index contributed by atoms with van der Waals surface area (Å²) < 4.78 is 5.29. The number of benzene rings is 1. The number of fused-ring (bicyclic) bond motifs is 1. The molecule has 3 aromatic rings. The third kappa shape index (κ3) is 3.16. The number of nitrogens with zero attached hydrogens (tertiary/aromatic N) is 2. The molecule has 1 aromatic carbocycles. The lowest BCUT2D eigenvalue weighted by molar-refractivity contribution is 0.415. The number of halogens is 1. The van der Waals surface area contributed by atoms with E-state index >= 15 is 0 Å². The number of hydrogen-bond donors (Lipinski definition) is 1. The van der Waals surface area contributed by atoms with Crippen LogP contribution in [0.2, 0.25) is 5.28 Å². The highest BCUT2D eigenvalue weighted by Gasteiger charge is 2.06. The summed E-state index contributed by atoms with van der Waals surface area (Å²) in [5, 5.41) is 1.53. The summed E-state index contributed by atoms with van der Waals surface area (Å²) in [6.45, 7) is 0. The maximum Gasteiger partial charge on any atom is 0.222 e. The van der Waals surface area contributed by atoms with E-state index < -0.39 is 0 Å². The molecule has 0 unspecified atom stereocenters. The molecule has 0 saturated carbocycles. The molecule has 0 atom stereocenters. The number of H-pyrrole nitrogens is 1. The predicted octanol–water partition coefficient (Wildman–Crippen LogP) is 3.80. The lowest BCUT2D eigenvalue weighted by Gasteiger charge is -2.03. The van der Waals surface area contributed by atoms with Gasteiger partial charge in [0, 0.05) is 29.0 Å². The molecule has 1 N–H and O–H groups in total. The average Bonchev–Trinajstić information content (AvgIpc) is 2.90. The first kappa shape index (κ1) is 13.9. The second-order valence-electron chi connectivity index (χ2n) is 4.90. The molecule has 0 fully saturated rings. The Morgan fingerprint density at radius 2 is 2.14 bits per heavy atom. The van der Waals surface area contributed by atoms with Gasteiger partial charge in [-0.05, 0) is 60.7 Å². The summed E-state index contributed by atoms with van der Waals surface area (Å²) in [6.07, 6.45) is 6.64. The van der Waals surface area contributed by atoms with E-state index in [9.17, 15) is 0 Å². The summed E-state index contributed by atoms with van der Waals surface area (Å²) in [5.74, 6) is 0.880. The van der Waals surface area contributed by atoms with Gasteiger partial charge in [0.1, 0.15) is 5.75 Å². The van der Waals surface area contributed by atoms with Gasteiger partial charge in [0.2, 0.25) is 5.28 Å². The minimum atomic E-state index is 0.310. The first-order valence-electron chi connectivity index (χ1n) is 6.87. The van der Waals surface area contributed by atoms with Gasteiger partial charge >= 0.3 is 0 Å². The fourth-order valence-corrected chi connectivity index (χ4v) is 2.62. The van der Waals surface area contributed by atoms with E-state index in [0.29, 0.717) is 5.28 Å². The van der Waals surface area contributed by atoms with Crippen molar-refractivity contribution in [3.8, 4) is 5.75 Å². The number of nitrogens with one attached hydrogen (secondary N) is 1. The Balaban J connectivity index is 1.70. The number of aromatic amines is 1. The van der Waals surface area contributed by atoms with E-state index in [1.54, 1.807) is 13.3 Å². The lowest BCUT2D eigenvalue weighted by atomic mass is 10.1. The topological polar surface area (TPSA) is 50.8 Å². The Morgan fingerprint density at radius 1 is 1.24 bits per heavy atom. The Kier molecular flexibility index (Phi) is 4.06. The number of methoxy groups -OCH3 is 1. The first-order valence-corrected chi connectivity index (χ1v) is 7.25. The van der Waals surface area contributed by atoms with Crippen LogP contribution in [0.1, 0.15) is 17.7 Å². The largest absolute Gasteiger partial charge is 0.497 e. The molecule has 0 amide bonds. The number of ether oxygens (including phenoxy) is 1. The van der Waals surface area contributed by atoms with Crippen molar-refractivity contribution in [2.24, 2.45) is 0 Å². The average molecular weight is 302 g/mol. The zero-order chi connectivity index (χ0) is 14.7. The van der Waals surface area contributed by atoms with Crippen LogP contribution in [0.25, 0.3) is 10.9 Å². The van der Waals surface area contributed by atoms with Crippen molar-refractivity contribution < 1.29 is 4.74 Å². The molecule has 5 heteroatoms. The molecule has 0 aliphatic heterocycles. The second kappa shape index (κ2) is 6.14. The van der Waals surface area contributed by atoms with Crippen LogP contribution >= 0.6 is 11.6 Å². The predicted molar refractivity (Wildman–Crippen MR) is 83.9 cm³/mol. The number of rotatable bonds is 5.